The van der Waals surface area contributed by atoms with Crippen molar-refractivity contribution in [3.05, 3.63) is 71.2 Å². The van der Waals surface area contributed by atoms with E-state index in [1.807, 2.05) is 42.5 Å². The van der Waals surface area contributed by atoms with Gasteiger partial charge in [-0.05, 0) is 43.4 Å². The van der Waals surface area contributed by atoms with Crippen LogP contribution in [-0.4, -0.2) is 54.9 Å². The van der Waals surface area contributed by atoms with Crippen LogP contribution in [0.25, 0.3) is 0 Å². The third-order valence-electron chi connectivity index (χ3n) is 5.17. The lowest BCUT2D eigenvalue weighted by molar-refractivity contribution is -0.115. The Morgan fingerprint density at radius 2 is 1.68 bits per heavy atom. The van der Waals surface area contributed by atoms with E-state index < -0.39 is 0 Å². The molecule has 1 aliphatic heterocycles. The maximum atomic E-state index is 12.4. The molecular weight excluding hydrogens is 410 g/mol. The minimum atomic E-state index is -0.216. The SMILES string of the molecule is CN1CCN(c2ccc(NC(=O)Cc3csc(NC(=O)c4ccccc4)n3)cc2)CC1. The van der Waals surface area contributed by atoms with E-state index in [1.54, 1.807) is 17.5 Å². The molecule has 2 N–H and O–H groups in total. The molecule has 0 saturated carbocycles. The van der Waals surface area contributed by atoms with E-state index in [1.165, 1.54) is 17.0 Å². The van der Waals surface area contributed by atoms with Crippen LogP contribution in [-0.2, 0) is 11.2 Å². The third kappa shape index (κ3) is 5.68. The highest BCUT2D eigenvalue weighted by Crippen LogP contribution is 2.20. The fourth-order valence-corrected chi connectivity index (χ4v) is 4.10. The number of nitrogens with one attached hydrogen (secondary N) is 2. The van der Waals surface area contributed by atoms with E-state index in [2.05, 4.69) is 32.5 Å². The first-order chi connectivity index (χ1) is 15.1. The highest BCUT2D eigenvalue weighted by Gasteiger charge is 2.15. The third-order valence-corrected chi connectivity index (χ3v) is 5.98. The lowest BCUT2D eigenvalue weighted by Gasteiger charge is -2.34. The van der Waals surface area contributed by atoms with Crippen LogP contribution in [0.3, 0.4) is 0 Å². The highest BCUT2D eigenvalue weighted by molar-refractivity contribution is 7.14. The van der Waals surface area contributed by atoms with Gasteiger partial charge in [-0.3, -0.25) is 14.9 Å². The predicted molar refractivity (Wildman–Crippen MR) is 125 cm³/mol. The number of amides is 2. The standard InChI is InChI=1S/C23H25N5O2S/c1-27-11-13-28(14-12-27)20-9-7-18(8-10-20)24-21(29)15-19-16-31-23(25-19)26-22(30)17-5-3-2-4-6-17/h2-10,16H,11-15H2,1H3,(H,24,29)(H,25,26,30). The Balaban J connectivity index is 1.28. The Labute approximate surface area is 185 Å². The van der Waals surface area contributed by atoms with Crippen LogP contribution in [0.2, 0.25) is 0 Å². The van der Waals surface area contributed by atoms with E-state index in [9.17, 15) is 9.59 Å². The van der Waals surface area contributed by atoms with Gasteiger partial charge in [-0.1, -0.05) is 18.2 Å². The molecule has 160 valence electrons. The van der Waals surface area contributed by atoms with Crippen molar-refractivity contribution in [2.24, 2.45) is 0 Å². The summed E-state index contributed by atoms with van der Waals surface area (Å²) in [4.78, 5) is 33.7. The molecule has 3 aromatic rings. The highest BCUT2D eigenvalue weighted by atomic mass is 32.1. The topological polar surface area (TPSA) is 77.6 Å². The number of piperazine rings is 1. The number of aromatic nitrogens is 1. The van der Waals surface area contributed by atoms with Crippen LogP contribution in [0.5, 0.6) is 0 Å². The monoisotopic (exact) mass is 435 g/mol. The van der Waals surface area contributed by atoms with Crippen LogP contribution in [0, 0.1) is 0 Å². The smallest absolute Gasteiger partial charge is 0.257 e. The molecule has 0 unspecified atom stereocenters. The number of rotatable bonds is 6. The minimum absolute atomic E-state index is 0.140. The molecule has 0 aliphatic carbocycles. The van der Waals surface area contributed by atoms with E-state index >= 15 is 0 Å². The number of hydrogen-bond donors (Lipinski definition) is 2. The molecule has 8 heteroatoms. The van der Waals surface area contributed by atoms with Gasteiger partial charge in [0.1, 0.15) is 0 Å². The summed E-state index contributed by atoms with van der Waals surface area (Å²) in [6.07, 6.45) is 0.151. The maximum Gasteiger partial charge on any atom is 0.257 e. The van der Waals surface area contributed by atoms with Gasteiger partial charge in [0.15, 0.2) is 5.13 Å². The fourth-order valence-electron chi connectivity index (χ4n) is 3.39. The number of hydrogen-bond acceptors (Lipinski definition) is 6. The Morgan fingerprint density at radius 3 is 2.39 bits per heavy atom. The molecule has 7 nitrogen and oxygen atoms in total. The van der Waals surface area contributed by atoms with Crippen LogP contribution in [0.15, 0.2) is 60.0 Å². The molecule has 0 bridgehead atoms. The van der Waals surface area contributed by atoms with Crippen LogP contribution in [0.4, 0.5) is 16.5 Å². The second kappa shape index (κ2) is 9.72. The molecule has 0 spiro atoms. The van der Waals surface area contributed by atoms with Gasteiger partial charge in [0, 0.05) is 48.5 Å². The summed E-state index contributed by atoms with van der Waals surface area (Å²) in [5.41, 5.74) is 3.12. The summed E-state index contributed by atoms with van der Waals surface area (Å²) in [5, 5.41) is 7.95. The summed E-state index contributed by atoms with van der Waals surface area (Å²) in [5.74, 6) is -0.357. The number of nitrogens with zero attached hydrogens (tertiary/aromatic N) is 3. The molecule has 2 amide bonds. The van der Waals surface area contributed by atoms with Gasteiger partial charge in [-0.25, -0.2) is 4.98 Å². The minimum Gasteiger partial charge on any atom is -0.369 e. The molecule has 1 aliphatic rings. The summed E-state index contributed by atoms with van der Waals surface area (Å²) in [6, 6.07) is 16.9. The normalized spacial score (nSPS) is 14.3. The zero-order chi connectivity index (χ0) is 21.6. The molecular formula is C23H25N5O2S. The molecule has 0 radical (unpaired) electrons. The first-order valence-corrected chi connectivity index (χ1v) is 11.1. The number of likely N-dealkylation sites (N-methyl/N-ethyl adjacent to an activating group) is 1. The fraction of sp³-hybridized carbons (Fsp3) is 0.261. The first kappa shape index (κ1) is 21.0. The second-order valence-electron chi connectivity index (χ2n) is 7.53. The number of benzene rings is 2. The summed E-state index contributed by atoms with van der Waals surface area (Å²) in [7, 11) is 2.14. The van der Waals surface area contributed by atoms with Crippen LogP contribution >= 0.6 is 11.3 Å². The molecule has 1 saturated heterocycles. The van der Waals surface area contributed by atoms with Crippen molar-refractivity contribution >= 4 is 39.7 Å². The van der Waals surface area contributed by atoms with Gasteiger partial charge in [0.2, 0.25) is 5.91 Å². The Bertz CT molecular complexity index is 1030. The Morgan fingerprint density at radius 1 is 0.968 bits per heavy atom. The average molecular weight is 436 g/mol. The van der Waals surface area contributed by atoms with Crippen molar-refractivity contribution in [3.63, 3.8) is 0 Å². The van der Waals surface area contributed by atoms with Gasteiger partial charge in [0.05, 0.1) is 12.1 Å². The summed E-state index contributed by atoms with van der Waals surface area (Å²) in [6.45, 7) is 4.13. The zero-order valence-corrected chi connectivity index (χ0v) is 18.2. The van der Waals surface area contributed by atoms with Gasteiger partial charge < -0.3 is 15.1 Å². The number of thiazole rings is 1. The lowest BCUT2D eigenvalue weighted by Crippen LogP contribution is -2.44. The number of anilines is 3. The van der Waals surface area contributed by atoms with Crippen molar-refractivity contribution in [3.8, 4) is 0 Å². The lowest BCUT2D eigenvalue weighted by atomic mass is 10.2. The number of carbonyl (C=O) groups is 2. The van der Waals surface area contributed by atoms with E-state index in [0.717, 1.165) is 31.9 Å². The quantitative estimate of drug-likeness (QED) is 0.621. The first-order valence-electron chi connectivity index (χ1n) is 10.2. The number of carbonyl (C=O) groups excluding carboxylic acids is 2. The van der Waals surface area contributed by atoms with Crippen molar-refractivity contribution in [2.75, 3.05) is 48.8 Å². The molecule has 31 heavy (non-hydrogen) atoms. The molecule has 4 rings (SSSR count). The van der Waals surface area contributed by atoms with E-state index in [-0.39, 0.29) is 18.2 Å². The molecule has 0 atom stereocenters. The molecule has 2 aromatic carbocycles. The molecule has 2 heterocycles. The van der Waals surface area contributed by atoms with Crippen molar-refractivity contribution in [1.29, 1.82) is 0 Å². The Hall–Kier alpha value is -3.23. The van der Waals surface area contributed by atoms with Crippen LogP contribution < -0.4 is 15.5 Å². The second-order valence-corrected chi connectivity index (χ2v) is 8.38. The molecule has 1 aromatic heterocycles. The van der Waals surface area contributed by atoms with Crippen LogP contribution in [0.1, 0.15) is 16.1 Å². The van der Waals surface area contributed by atoms with Crippen molar-refractivity contribution in [1.82, 2.24) is 9.88 Å². The van der Waals surface area contributed by atoms with Gasteiger partial charge in [-0.2, -0.15) is 0 Å². The summed E-state index contributed by atoms with van der Waals surface area (Å²) >= 11 is 1.31. The predicted octanol–water partition coefficient (Wildman–Crippen LogP) is 3.33. The van der Waals surface area contributed by atoms with Gasteiger partial charge >= 0.3 is 0 Å². The van der Waals surface area contributed by atoms with Crippen molar-refractivity contribution in [2.45, 2.75) is 6.42 Å². The largest absolute Gasteiger partial charge is 0.369 e. The average Bonchev–Trinajstić information content (AvgIpc) is 3.22. The van der Waals surface area contributed by atoms with E-state index in [0.29, 0.717) is 16.4 Å². The molecule has 1 fully saturated rings. The van der Waals surface area contributed by atoms with E-state index in [4.69, 9.17) is 0 Å². The summed E-state index contributed by atoms with van der Waals surface area (Å²) < 4.78 is 0. The Kier molecular flexibility index (Phi) is 6.59. The zero-order valence-electron chi connectivity index (χ0n) is 17.4. The van der Waals surface area contributed by atoms with Crippen molar-refractivity contribution < 1.29 is 9.59 Å². The maximum absolute atomic E-state index is 12.4. The van der Waals surface area contributed by atoms with Gasteiger partial charge in [0.25, 0.3) is 5.91 Å². The van der Waals surface area contributed by atoms with Gasteiger partial charge in [-0.15, -0.1) is 11.3 Å².